The van der Waals surface area contributed by atoms with Gasteiger partial charge in [-0.15, -0.1) is 11.3 Å². The van der Waals surface area contributed by atoms with Crippen molar-refractivity contribution >= 4 is 58.2 Å². The van der Waals surface area contributed by atoms with Gasteiger partial charge in [0.05, 0.1) is 20.6 Å². The van der Waals surface area contributed by atoms with Gasteiger partial charge in [-0.05, 0) is 36.4 Å². The first-order valence-electron chi connectivity index (χ1n) is 5.73. The van der Waals surface area contributed by atoms with E-state index in [0.29, 0.717) is 4.34 Å². The molecular weight excluding hydrogens is 333 g/mol. The molecule has 0 radical (unpaired) electrons. The molecule has 0 spiro atoms. The summed E-state index contributed by atoms with van der Waals surface area (Å²) in [6, 6.07) is 7.61. The van der Waals surface area contributed by atoms with Crippen LogP contribution in [0.3, 0.4) is 0 Å². The van der Waals surface area contributed by atoms with Crippen LogP contribution < -0.4 is 5.32 Å². The number of nitrogens with one attached hydrogen (secondary N) is 1. The maximum atomic E-state index is 11.8. The third kappa shape index (κ3) is 4.32. The number of amides is 1. The molecule has 0 bridgehead atoms. The number of halogens is 2. The fourth-order valence-electron chi connectivity index (χ4n) is 1.50. The van der Waals surface area contributed by atoms with Gasteiger partial charge < -0.3 is 10.4 Å². The molecule has 0 aliphatic heterocycles. The maximum absolute atomic E-state index is 11.8. The Labute approximate surface area is 134 Å². The highest BCUT2D eigenvalue weighted by atomic mass is 35.5. The Bertz CT molecular complexity index is 725. The molecule has 2 rings (SSSR count). The molecular formula is C14H9Cl2NO3S. The van der Waals surface area contributed by atoms with E-state index in [1.54, 1.807) is 18.2 Å². The summed E-state index contributed by atoms with van der Waals surface area (Å²) in [6.07, 6.45) is 2.94. The van der Waals surface area contributed by atoms with Crippen LogP contribution in [0.2, 0.25) is 9.36 Å². The summed E-state index contributed by atoms with van der Waals surface area (Å²) in [7, 11) is 0. The minimum absolute atomic E-state index is 0.0451. The zero-order valence-corrected chi connectivity index (χ0v) is 12.8. The van der Waals surface area contributed by atoms with Crippen molar-refractivity contribution in [2.24, 2.45) is 0 Å². The Kier molecular flexibility index (Phi) is 5.01. The van der Waals surface area contributed by atoms with Crippen LogP contribution in [-0.4, -0.2) is 17.0 Å². The molecule has 0 saturated heterocycles. The van der Waals surface area contributed by atoms with E-state index in [9.17, 15) is 9.59 Å². The molecule has 1 amide bonds. The standard InChI is InChI=1S/C14H9Cl2NO3S/c15-10-4-1-8(14(19)20)7-11(10)17-13(18)6-3-9-2-5-12(16)21-9/h1-7H,(H,17,18)(H,19,20)/b6-3+. The highest BCUT2D eigenvalue weighted by Crippen LogP contribution is 2.24. The van der Waals surface area contributed by atoms with Crippen molar-refractivity contribution in [1.29, 1.82) is 0 Å². The Morgan fingerprint density at radius 1 is 1.19 bits per heavy atom. The number of aromatic carboxylic acids is 1. The van der Waals surface area contributed by atoms with Crippen molar-refractivity contribution in [1.82, 2.24) is 0 Å². The summed E-state index contributed by atoms with van der Waals surface area (Å²) in [5.41, 5.74) is 0.291. The molecule has 0 atom stereocenters. The molecule has 108 valence electrons. The van der Waals surface area contributed by atoms with Crippen LogP contribution >= 0.6 is 34.5 Å². The second kappa shape index (κ2) is 6.76. The predicted octanol–water partition coefficient (Wildman–Crippen LogP) is 4.41. The number of benzene rings is 1. The maximum Gasteiger partial charge on any atom is 0.335 e. The number of rotatable bonds is 4. The minimum Gasteiger partial charge on any atom is -0.478 e. The van der Waals surface area contributed by atoms with Crippen LogP contribution in [0, 0.1) is 0 Å². The second-order valence-electron chi connectivity index (χ2n) is 3.96. The van der Waals surface area contributed by atoms with Crippen molar-refractivity contribution in [3.63, 3.8) is 0 Å². The summed E-state index contributed by atoms with van der Waals surface area (Å²) in [5, 5.41) is 11.7. The normalized spacial score (nSPS) is 10.8. The van der Waals surface area contributed by atoms with Gasteiger partial charge in [0, 0.05) is 11.0 Å². The molecule has 1 heterocycles. The highest BCUT2D eigenvalue weighted by Gasteiger charge is 2.08. The number of thiophene rings is 1. The van der Waals surface area contributed by atoms with E-state index in [4.69, 9.17) is 28.3 Å². The average Bonchev–Trinajstić information content (AvgIpc) is 2.84. The van der Waals surface area contributed by atoms with E-state index in [1.165, 1.54) is 35.6 Å². The topological polar surface area (TPSA) is 66.4 Å². The lowest BCUT2D eigenvalue weighted by molar-refractivity contribution is -0.111. The lowest BCUT2D eigenvalue weighted by Gasteiger charge is -2.05. The van der Waals surface area contributed by atoms with Crippen molar-refractivity contribution in [3.05, 3.63) is 56.2 Å². The Hall–Kier alpha value is -1.82. The molecule has 0 aliphatic rings. The molecule has 0 saturated carbocycles. The largest absolute Gasteiger partial charge is 0.478 e. The van der Waals surface area contributed by atoms with Crippen LogP contribution in [0.25, 0.3) is 6.08 Å². The predicted molar refractivity (Wildman–Crippen MR) is 85.4 cm³/mol. The molecule has 7 heteroatoms. The summed E-state index contributed by atoms with van der Waals surface area (Å²) in [4.78, 5) is 23.5. The number of carbonyl (C=O) groups is 2. The number of carboxylic acid groups (broad SMARTS) is 1. The van der Waals surface area contributed by atoms with Gasteiger partial charge in [-0.3, -0.25) is 4.79 Å². The van der Waals surface area contributed by atoms with Gasteiger partial charge in [-0.1, -0.05) is 23.2 Å². The van der Waals surface area contributed by atoms with Crippen molar-refractivity contribution in [3.8, 4) is 0 Å². The van der Waals surface area contributed by atoms with Gasteiger partial charge in [0.15, 0.2) is 0 Å². The average molecular weight is 342 g/mol. The lowest BCUT2D eigenvalue weighted by Crippen LogP contribution is -2.09. The molecule has 1 aromatic carbocycles. The van der Waals surface area contributed by atoms with E-state index >= 15 is 0 Å². The van der Waals surface area contributed by atoms with Crippen LogP contribution in [0.1, 0.15) is 15.2 Å². The summed E-state index contributed by atoms with van der Waals surface area (Å²) < 4.78 is 0.632. The SMILES string of the molecule is O=C(/C=C/c1ccc(Cl)s1)Nc1cc(C(=O)O)ccc1Cl. The van der Waals surface area contributed by atoms with Crippen molar-refractivity contribution in [2.75, 3.05) is 5.32 Å². The molecule has 2 aromatic rings. The fraction of sp³-hybridized carbons (Fsp3) is 0. The number of carboxylic acids is 1. The smallest absolute Gasteiger partial charge is 0.335 e. The zero-order valence-electron chi connectivity index (χ0n) is 10.5. The number of carbonyl (C=O) groups excluding carboxylic acids is 1. The Morgan fingerprint density at radius 3 is 2.57 bits per heavy atom. The summed E-state index contributed by atoms with van der Waals surface area (Å²) in [5.74, 6) is -1.50. The molecule has 2 N–H and O–H groups in total. The monoisotopic (exact) mass is 341 g/mol. The van der Waals surface area contributed by atoms with Crippen molar-refractivity contribution < 1.29 is 14.7 Å². The van der Waals surface area contributed by atoms with Gasteiger partial charge in [0.2, 0.25) is 5.91 Å². The highest BCUT2D eigenvalue weighted by molar-refractivity contribution is 7.17. The molecule has 0 aliphatic carbocycles. The van der Waals surface area contributed by atoms with Gasteiger partial charge in [0.25, 0.3) is 0 Å². The summed E-state index contributed by atoms with van der Waals surface area (Å²) >= 11 is 13.0. The molecule has 1 aromatic heterocycles. The van der Waals surface area contributed by atoms with Crippen LogP contribution in [0.4, 0.5) is 5.69 Å². The van der Waals surface area contributed by atoms with Gasteiger partial charge in [0.1, 0.15) is 0 Å². The van der Waals surface area contributed by atoms with E-state index in [1.807, 2.05) is 0 Å². The zero-order chi connectivity index (χ0) is 15.4. The van der Waals surface area contributed by atoms with E-state index in [0.717, 1.165) is 4.88 Å². The Balaban J connectivity index is 2.10. The van der Waals surface area contributed by atoms with Crippen LogP contribution in [0.15, 0.2) is 36.4 Å². The third-order valence-electron chi connectivity index (χ3n) is 2.46. The van der Waals surface area contributed by atoms with Gasteiger partial charge in [-0.2, -0.15) is 0 Å². The van der Waals surface area contributed by atoms with E-state index in [2.05, 4.69) is 5.32 Å². The Morgan fingerprint density at radius 2 is 1.95 bits per heavy atom. The first-order valence-corrected chi connectivity index (χ1v) is 7.30. The van der Waals surface area contributed by atoms with Crippen LogP contribution in [-0.2, 0) is 4.79 Å². The lowest BCUT2D eigenvalue weighted by atomic mass is 10.2. The molecule has 21 heavy (non-hydrogen) atoms. The third-order valence-corrected chi connectivity index (χ3v) is 3.99. The first kappa shape index (κ1) is 15.6. The molecule has 4 nitrogen and oxygen atoms in total. The number of hydrogen-bond donors (Lipinski definition) is 2. The quantitative estimate of drug-likeness (QED) is 0.809. The molecule has 0 fully saturated rings. The number of hydrogen-bond acceptors (Lipinski definition) is 3. The molecule has 0 unspecified atom stereocenters. The van der Waals surface area contributed by atoms with Crippen LogP contribution in [0.5, 0.6) is 0 Å². The van der Waals surface area contributed by atoms with Gasteiger partial charge in [-0.25, -0.2) is 4.79 Å². The fourth-order valence-corrected chi connectivity index (χ4v) is 2.63. The minimum atomic E-state index is -1.09. The first-order chi connectivity index (χ1) is 9.95. The van der Waals surface area contributed by atoms with Crippen molar-refractivity contribution in [2.45, 2.75) is 0 Å². The van der Waals surface area contributed by atoms with Gasteiger partial charge >= 0.3 is 5.97 Å². The van der Waals surface area contributed by atoms with E-state index in [-0.39, 0.29) is 16.3 Å². The number of anilines is 1. The second-order valence-corrected chi connectivity index (χ2v) is 6.12. The summed E-state index contributed by atoms with van der Waals surface area (Å²) in [6.45, 7) is 0. The van der Waals surface area contributed by atoms with E-state index < -0.39 is 11.9 Å².